The van der Waals surface area contributed by atoms with E-state index in [1.807, 2.05) is 30.3 Å². The van der Waals surface area contributed by atoms with Gasteiger partial charge in [0.15, 0.2) is 46.0 Å². The summed E-state index contributed by atoms with van der Waals surface area (Å²) in [5, 5.41) is 32.0. The number of phenolic OH excluding ortho intramolecular Hbond substituents is 3. The van der Waals surface area contributed by atoms with Crippen LogP contribution in [0, 0.1) is 0 Å². The molecule has 4 aromatic carbocycles. The van der Waals surface area contributed by atoms with Crippen molar-refractivity contribution in [2.24, 2.45) is 0 Å². The van der Waals surface area contributed by atoms with Crippen LogP contribution in [0.15, 0.2) is 54.6 Å². The minimum Gasteiger partial charge on any atom is -0.504 e. The lowest BCUT2D eigenvalue weighted by Crippen LogP contribution is -2.33. The number of benzene rings is 4. The highest BCUT2D eigenvalue weighted by atomic mass is 16.5. The smallest absolute Gasteiger partial charge is 0.203 e. The molecule has 0 saturated carbocycles. The van der Waals surface area contributed by atoms with Crippen molar-refractivity contribution < 1.29 is 39.0 Å². The van der Waals surface area contributed by atoms with Crippen LogP contribution in [0.1, 0.15) is 45.5 Å². The Morgan fingerprint density at radius 1 is 0.583 bits per heavy atom. The second-order valence-electron chi connectivity index (χ2n) is 12.5. The number of phenols is 3. The molecule has 0 amide bonds. The first kappa shape index (κ1) is 33.1. The van der Waals surface area contributed by atoms with Crippen LogP contribution < -0.4 is 23.7 Å². The Labute approximate surface area is 281 Å². The Balaban J connectivity index is 1.39. The van der Waals surface area contributed by atoms with Gasteiger partial charge in [0.25, 0.3) is 0 Å². The van der Waals surface area contributed by atoms with E-state index in [2.05, 4.69) is 23.9 Å². The molecule has 2 unspecified atom stereocenters. The summed E-state index contributed by atoms with van der Waals surface area (Å²) in [6, 6.07) is 16.7. The number of aromatic hydroxyl groups is 3. The van der Waals surface area contributed by atoms with Gasteiger partial charge in [0, 0.05) is 30.7 Å². The van der Waals surface area contributed by atoms with Crippen LogP contribution in [-0.4, -0.2) is 80.7 Å². The lowest BCUT2D eigenvalue weighted by molar-refractivity contribution is 0.225. The van der Waals surface area contributed by atoms with Crippen LogP contribution in [0.4, 0.5) is 0 Å². The average Bonchev–Trinajstić information content (AvgIpc) is 3.08. The minimum atomic E-state index is -0.0773. The average molecular weight is 657 g/mol. The monoisotopic (exact) mass is 656 g/mol. The summed E-state index contributed by atoms with van der Waals surface area (Å²) in [7, 11) is 10.4. The maximum Gasteiger partial charge on any atom is 0.203 e. The van der Waals surface area contributed by atoms with Crippen LogP contribution in [0.5, 0.6) is 51.7 Å². The predicted molar refractivity (Wildman–Crippen MR) is 183 cm³/mol. The lowest BCUT2D eigenvalue weighted by Gasteiger charge is -2.36. The molecular formula is C38H44N2O8. The van der Waals surface area contributed by atoms with E-state index in [1.165, 1.54) is 19.8 Å². The third kappa shape index (κ3) is 6.25. The van der Waals surface area contributed by atoms with Gasteiger partial charge >= 0.3 is 0 Å². The Hall–Kier alpha value is -4.80. The van der Waals surface area contributed by atoms with Crippen molar-refractivity contribution in [2.45, 2.75) is 37.8 Å². The van der Waals surface area contributed by atoms with E-state index in [0.29, 0.717) is 41.6 Å². The number of likely N-dealkylation sites (N-methyl/N-ethyl adjacent to an activating group) is 2. The highest BCUT2D eigenvalue weighted by molar-refractivity contribution is 5.60. The van der Waals surface area contributed by atoms with Crippen LogP contribution in [-0.2, 0) is 25.7 Å². The number of rotatable bonds is 10. The van der Waals surface area contributed by atoms with Crippen LogP contribution >= 0.6 is 0 Å². The third-order valence-corrected chi connectivity index (χ3v) is 9.79. The van der Waals surface area contributed by atoms with Gasteiger partial charge in [-0.05, 0) is 110 Å². The first-order valence-electron chi connectivity index (χ1n) is 16.1. The molecule has 0 radical (unpaired) electrons. The zero-order valence-corrected chi connectivity index (χ0v) is 28.4. The fourth-order valence-electron chi connectivity index (χ4n) is 7.08. The predicted octanol–water partition coefficient (Wildman–Crippen LogP) is 6.17. The second-order valence-corrected chi connectivity index (χ2v) is 12.5. The summed E-state index contributed by atoms with van der Waals surface area (Å²) in [6.07, 6.45) is 2.87. The van der Waals surface area contributed by atoms with Crippen LogP contribution in [0.25, 0.3) is 0 Å². The lowest BCUT2D eigenvalue weighted by atomic mass is 9.88. The van der Waals surface area contributed by atoms with Gasteiger partial charge in [-0.25, -0.2) is 0 Å². The maximum absolute atomic E-state index is 10.9. The Bertz CT molecular complexity index is 1810. The Morgan fingerprint density at radius 3 is 1.81 bits per heavy atom. The van der Waals surface area contributed by atoms with E-state index in [-0.39, 0.29) is 35.1 Å². The number of hydrogen-bond donors (Lipinski definition) is 3. The van der Waals surface area contributed by atoms with Gasteiger partial charge in [-0.3, -0.25) is 9.80 Å². The number of nitrogens with zero attached hydrogens (tertiary/aromatic N) is 2. The van der Waals surface area contributed by atoms with E-state index in [4.69, 9.17) is 23.7 Å². The van der Waals surface area contributed by atoms with Crippen molar-refractivity contribution in [2.75, 3.05) is 55.6 Å². The van der Waals surface area contributed by atoms with E-state index < -0.39 is 0 Å². The fraction of sp³-hybridized carbons (Fsp3) is 0.368. The Kier molecular flexibility index (Phi) is 9.48. The molecule has 254 valence electrons. The number of fused-ring (bicyclic) bond motifs is 2. The molecule has 10 nitrogen and oxygen atoms in total. The van der Waals surface area contributed by atoms with Crippen molar-refractivity contribution in [3.05, 3.63) is 88.0 Å². The summed E-state index contributed by atoms with van der Waals surface area (Å²) in [5.41, 5.74) is 6.21. The normalized spacial score (nSPS) is 17.7. The van der Waals surface area contributed by atoms with Crippen LogP contribution in [0.3, 0.4) is 0 Å². The molecule has 0 fully saturated rings. The number of methoxy groups -OCH3 is 4. The maximum atomic E-state index is 10.9. The molecule has 0 saturated heterocycles. The van der Waals surface area contributed by atoms with Gasteiger partial charge in [0.05, 0.1) is 28.4 Å². The zero-order valence-electron chi connectivity index (χ0n) is 28.4. The topological polar surface area (TPSA) is 113 Å². The van der Waals surface area contributed by atoms with Gasteiger partial charge in [0.2, 0.25) is 5.75 Å². The second kappa shape index (κ2) is 13.7. The zero-order chi connectivity index (χ0) is 34.1. The summed E-state index contributed by atoms with van der Waals surface area (Å²) in [6.45, 7) is 1.70. The third-order valence-electron chi connectivity index (χ3n) is 9.79. The molecule has 2 aliphatic rings. The molecule has 2 aliphatic heterocycles. The molecule has 6 rings (SSSR count). The van der Waals surface area contributed by atoms with E-state index in [1.54, 1.807) is 38.5 Å². The summed E-state index contributed by atoms with van der Waals surface area (Å²) in [5.74, 6) is 2.76. The molecule has 4 aromatic rings. The summed E-state index contributed by atoms with van der Waals surface area (Å²) >= 11 is 0. The highest BCUT2D eigenvalue weighted by Crippen LogP contribution is 2.48. The molecule has 0 aromatic heterocycles. The SMILES string of the molecule is COc1ccc(CC2c3cc(Oc4c(CC5c6cc(O)c(OC)cc6CCN5C)ccc(O)c4OC)c(OC)cc3CCN2C)cc1O. The fourth-order valence-corrected chi connectivity index (χ4v) is 7.08. The number of hydrogen-bond acceptors (Lipinski definition) is 10. The van der Waals surface area contributed by atoms with Gasteiger partial charge in [-0.2, -0.15) is 0 Å². The van der Waals surface area contributed by atoms with E-state index in [9.17, 15) is 15.3 Å². The molecule has 3 N–H and O–H groups in total. The standard InChI is InChI=1S/C38H44N2O8/c1-39-13-12-24-19-35(46-5)36(21-27(24)28(39)15-22-7-10-33(44-3)31(42)16-22)48-37-25(8-9-30(41)38(37)47-6)17-29-26-20-32(43)34(45-4)18-23(26)11-14-40(29)2/h7-10,16,18-21,28-29,41-43H,11-15,17H2,1-6H3. The van der Waals surface area contributed by atoms with Gasteiger partial charge in [0.1, 0.15) is 0 Å². The molecule has 10 heteroatoms. The van der Waals surface area contributed by atoms with Gasteiger partial charge in [-0.15, -0.1) is 0 Å². The van der Waals surface area contributed by atoms with Crippen molar-refractivity contribution in [1.29, 1.82) is 0 Å². The number of ether oxygens (including phenoxy) is 5. The Morgan fingerprint density at radius 2 is 1.19 bits per heavy atom. The van der Waals surface area contributed by atoms with Crippen molar-refractivity contribution in [3.63, 3.8) is 0 Å². The van der Waals surface area contributed by atoms with Crippen molar-refractivity contribution in [3.8, 4) is 51.7 Å². The molecule has 48 heavy (non-hydrogen) atoms. The van der Waals surface area contributed by atoms with Crippen molar-refractivity contribution >= 4 is 0 Å². The van der Waals surface area contributed by atoms with Crippen LogP contribution in [0.2, 0.25) is 0 Å². The minimum absolute atomic E-state index is 0.0115. The van der Waals surface area contributed by atoms with Gasteiger partial charge < -0.3 is 39.0 Å². The quantitative estimate of drug-likeness (QED) is 0.183. The summed E-state index contributed by atoms with van der Waals surface area (Å²) in [4.78, 5) is 4.56. The molecule has 0 bridgehead atoms. The molecular weight excluding hydrogens is 612 g/mol. The van der Waals surface area contributed by atoms with E-state index in [0.717, 1.165) is 53.7 Å². The van der Waals surface area contributed by atoms with E-state index >= 15 is 0 Å². The summed E-state index contributed by atoms with van der Waals surface area (Å²) < 4.78 is 29.0. The molecule has 2 heterocycles. The highest BCUT2D eigenvalue weighted by Gasteiger charge is 2.31. The van der Waals surface area contributed by atoms with Crippen molar-refractivity contribution in [1.82, 2.24) is 9.80 Å². The first-order chi connectivity index (χ1) is 23.1. The molecule has 2 atom stereocenters. The molecule has 0 aliphatic carbocycles. The molecule has 0 spiro atoms. The largest absolute Gasteiger partial charge is 0.504 e. The van der Waals surface area contributed by atoms with Gasteiger partial charge in [-0.1, -0.05) is 12.1 Å². The first-order valence-corrected chi connectivity index (χ1v) is 16.1.